The molecular weight excluding hydrogens is 243 g/mol. The maximum absolute atomic E-state index is 12.3. The Morgan fingerprint density at radius 2 is 2.06 bits per heavy atom. The summed E-state index contributed by atoms with van der Waals surface area (Å²) in [7, 11) is 1.63. The van der Waals surface area contributed by atoms with Crippen molar-refractivity contribution in [1.82, 2.24) is 5.32 Å². The summed E-state index contributed by atoms with van der Waals surface area (Å²) >= 11 is 5.68. The lowest BCUT2D eigenvalue weighted by Crippen LogP contribution is -2.17. The topological polar surface area (TPSA) is 32.3 Å². The average molecular weight is 254 g/mol. The molecule has 1 rings (SSSR count). The largest absolute Gasteiger partial charge is 0.416 e. The van der Waals surface area contributed by atoms with Gasteiger partial charge in [0.1, 0.15) is 0 Å². The molecule has 0 amide bonds. The Morgan fingerprint density at radius 3 is 2.50 bits per heavy atom. The van der Waals surface area contributed by atoms with Crippen LogP contribution in [0.3, 0.4) is 0 Å². The Morgan fingerprint density at radius 1 is 1.44 bits per heavy atom. The zero-order valence-electron chi connectivity index (χ0n) is 8.48. The molecule has 0 aromatic heterocycles. The van der Waals surface area contributed by atoms with Gasteiger partial charge in [0.15, 0.2) is 0 Å². The molecule has 0 aliphatic carbocycles. The van der Waals surface area contributed by atoms with E-state index >= 15 is 0 Å². The van der Waals surface area contributed by atoms with Crippen molar-refractivity contribution in [3.63, 3.8) is 0 Å². The molecule has 90 valence electrons. The highest BCUT2D eigenvalue weighted by atomic mass is 35.5. The molecule has 0 saturated carbocycles. The van der Waals surface area contributed by atoms with Crippen LogP contribution in [-0.2, 0) is 6.18 Å². The van der Waals surface area contributed by atoms with Crippen molar-refractivity contribution in [2.24, 2.45) is 0 Å². The fraction of sp³-hybridized carbons (Fsp3) is 0.400. The second-order valence-electron chi connectivity index (χ2n) is 3.31. The molecule has 1 atom stereocenters. The number of hydrogen-bond donors (Lipinski definition) is 2. The van der Waals surface area contributed by atoms with E-state index in [0.29, 0.717) is 0 Å². The molecule has 1 aromatic rings. The Hall–Kier alpha value is -0.780. The summed E-state index contributed by atoms with van der Waals surface area (Å²) in [4.78, 5) is 0. The second kappa shape index (κ2) is 5.03. The van der Waals surface area contributed by atoms with E-state index < -0.39 is 17.8 Å². The van der Waals surface area contributed by atoms with Crippen LogP contribution >= 0.6 is 11.6 Å². The summed E-state index contributed by atoms with van der Waals surface area (Å²) in [5.41, 5.74) is -0.540. The van der Waals surface area contributed by atoms with Crippen LogP contribution in [0.15, 0.2) is 18.2 Å². The SMILES string of the molecule is CNCC(O)c1ccc(C(F)(F)F)cc1Cl. The third-order valence-corrected chi connectivity index (χ3v) is 2.41. The molecule has 2 N–H and O–H groups in total. The third-order valence-electron chi connectivity index (χ3n) is 2.08. The number of nitrogens with one attached hydrogen (secondary N) is 1. The first-order valence-electron chi connectivity index (χ1n) is 4.55. The van der Waals surface area contributed by atoms with Crippen LogP contribution in [0, 0.1) is 0 Å². The van der Waals surface area contributed by atoms with Gasteiger partial charge in [-0.25, -0.2) is 0 Å². The zero-order chi connectivity index (χ0) is 12.3. The molecule has 0 heterocycles. The van der Waals surface area contributed by atoms with Crippen LogP contribution in [-0.4, -0.2) is 18.7 Å². The summed E-state index contributed by atoms with van der Waals surface area (Å²) in [5.74, 6) is 0. The lowest BCUT2D eigenvalue weighted by Gasteiger charge is -2.14. The molecule has 0 aliphatic rings. The van der Waals surface area contributed by atoms with Crippen molar-refractivity contribution in [3.8, 4) is 0 Å². The van der Waals surface area contributed by atoms with E-state index in [-0.39, 0.29) is 17.1 Å². The lowest BCUT2D eigenvalue weighted by atomic mass is 10.1. The fourth-order valence-corrected chi connectivity index (χ4v) is 1.58. The predicted octanol–water partition coefficient (Wildman–Crippen LogP) is 2.61. The van der Waals surface area contributed by atoms with Gasteiger partial charge in [-0.05, 0) is 19.2 Å². The second-order valence-corrected chi connectivity index (χ2v) is 3.71. The molecule has 0 fully saturated rings. The van der Waals surface area contributed by atoms with Gasteiger partial charge in [0.2, 0.25) is 0 Å². The van der Waals surface area contributed by atoms with Crippen molar-refractivity contribution in [3.05, 3.63) is 34.3 Å². The lowest BCUT2D eigenvalue weighted by molar-refractivity contribution is -0.137. The highest BCUT2D eigenvalue weighted by molar-refractivity contribution is 6.31. The standard InChI is InChI=1S/C10H11ClF3NO/c1-15-5-9(16)7-3-2-6(4-8(7)11)10(12,13)14/h2-4,9,15-16H,5H2,1H3. The Labute approximate surface area is 96.0 Å². The quantitative estimate of drug-likeness (QED) is 0.868. The molecule has 16 heavy (non-hydrogen) atoms. The first kappa shape index (κ1) is 13.3. The van der Waals surface area contributed by atoms with Gasteiger partial charge in [0, 0.05) is 17.1 Å². The first-order chi connectivity index (χ1) is 7.36. The van der Waals surface area contributed by atoms with E-state index in [4.69, 9.17) is 11.6 Å². The van der Waals surface area contributed by atoms with Gasteiger partial charge < -0.3 is 10.4 Å². The maximum atomic E-state index is 12.3. The van der Waals surface area contributed by atoms with Crippen molar-refractivity contribution < 1.29 is 18.3 Å². The minimum atomic E-state index is -4.42. The molecule has 0 spiro atoms. The van der Waals surface area contributed by atoms with Gasteiger partial charge in [-0.1, -0.05) is 17.7 Å². The van der Waals surface area contributed by atoms with Crippen molar-refractivity contribution >= 4 is 11.6 Å². The first-order valence-corrected chi connectivity index (χ1v) is 4.93. The van der Waals surface area contributed by atoms with Crippen LogP contribution in [0.2, 0.25) is 5.02 Å². The molecule has 1 unspecified atom stereocenters. The van der Waals surface area contributed by atoms with Crippen molar-refractivity contribution in [2.75, 3.05) is 13.6 Å². The van der Waals surface area contributed by atoms with E-state index in [9.17, 15) is 18.3 Å². The monoisotopic (exact) mass is 253 g/mol. The van der Waals surface area contributed by atoms with E-state index in [1.807, 2.05) is 0 Å². The molecule has 0 saturated heterocycles. The summed E-state index contributed by atoms with van der Waals surface area (Å²) in [6.07, 6.45) is -5.34. The van der Waals surface area contributed by atoms with Crippen LogP contribution < -0.4 is 5.32 Å². The summed E-state index contributed by atoms with van der Waals surface area (Å²) < 4.78 is 36.9. The molecule has 0 bridgehead atoms. The van der Waals surface area contributed by atoms with Crippen LogP contribution in [0.4, 0.5) is 13.2 Å². The molecule has 6 heteroatoms. The normalized spacial score (nSPS) is 13.9. The van der Waals surface area contributed by atoms with Gasteiger partial charge in [-0.15, -0.1) is 0 Å². The van der Waals surface area contributed by atoms with E-state index in [2.05, 4.69) is 5.32 Å². The van der Waals surface area contributed by atoms with Crippen molar-refractivity contribution in [2.45, 2.75) is 12.3 Å². The van der Waals surface area contributed by atoms with Gasteiger partial charge >= 0.3 is 6.18 Å². The number of hydrogen-bond acceptors (Lipinski definition) is 2. The highest BCUT2D eigenvalue weighted by Crippen LogP contribution is 2.33. The van der Waals surface area contributed by atoms with Crippen LogP contribution in [0.5, 0.6) is 0 Å². The number of halogens is 4. The van der Waals surface area contributed by atoms with Gasteiger partial charge in [-0.2, -0.15) is 13.2 Å². The number of likely N-dealkylation sites (N-methyl/N-ethyl adjacent to an activating group) is 1. The smallest absolute Gasteiger partial charge is 0.387 e. The number of alkyl halides is 3. The molecule has 1 aromatic carbocycles. The number of aliphatic hydroxyl groups excluding tert-OH is 1. The minimum absolute atomic E-state index is 0.0856. The molecule has 0 radical (unpaired) electrons. The summed E-state index contributed by atoms with van der Waals surface area (Å²) in [5, 5.41) is 12.2. The zero-order valence-corrected chi connectivity index (χ0v) is 9.23. The predicted molar refractivity (Wildman–Crippen MR) is 55.3 cm³/mol. The van der Waals surface area contributed by atoms with E-state index in [1.165, 1.54) is 6.07 Å². The Balaban J connectivity index is 3.00. The van der Waals surface area contributed by atoms with Gasteiger partial charge in [0.05, 0.1) is 11.7 Å². The van der Waals surface area contributed by atoms with E-state index in [0.717, 1.165) is 12.1 Å². The number of benzene rings is 1. The number of aliphatic hydroxyl groups is 1. The van der Waals surface area contributed by atoms with E-state index in [1.54, 1.807) is 7.05 Å². The third kappa shape index (κ3) is 3.10. The number of rotatable bonds is 3. The van der Waals surface area contributed by atoms with Crippen LogP contribution in [0.1, 0.15) is 17.2 Å². The highest BCUT2D eigenvalue weighted by Gasteiger charge is 2.31. The maximum Gasteiger partial charge on any atom is 0.416 e. The Bertz CT molecular complexity index is 368. The minimum Gasteiger partial charge on any atom is -0.387 e. The Kier molecular flexibility index (Phi) is 4.18. The van der Waals surface area contributed by atoms with Crippen LogP contribution in [0.25, 0.3) is 0 Å². The average Bonchev–Trinajstić information content (AvgIpc) is 2.16. The molecule has 0 aliphatic heterocycles. The summed E-state index contributed by atoms with van der Waals surface area (Å²) in [6.45, 7) is 0.227. The fourth-order valence-electron chi connectivity index (χ4n) is 1.28. The summed E-state index contributed by atoms with van der Waals surface area (Å²) in [6, 6.07) is 2.91. The molecular formula is C10H11ClF3NO. The molecule has 2 nitrogen and oxygen atoms in total. The van der Waals surface area contributed by atoms with Crippen molar-refractivity contribution in [1.29, 1.82) is 0 Å². The van der Waals surface area contributed by atoms with Gasteiger partial charge in [-0.3, -0.25) is 0 Å². The van der Waals surface area contributed by atoms with Gasteiger partial charge in [0.25, 0.3) is 0 Å².